The summed E-state index contributed by atoms with van der Waals surface area (Å²) in [5, 5.41) is 0. The number of nitrogens with zero attached hydrogens (tertiary/aromatic N) is 4. The van der Waals surface area contributed by atoms with Crippen LogP contribution < -0.4 is 5.73 Å². The number of anilines is 1. The Morgan fingerprint density at radius 3 is 2.85 bits per heavy atom. The van der Waals surface area contributed by atoms with Crippen LogP contribution in [0.3, 0.4) is 0 Å². The van der Waals surface area contributed by atoms with Gasteiger partial charge in [-0.25, -0.2) is 4.98 Å². The molecule has 1 aliphatic heterocycles. The van der Waals surface area contributed by atoms with Gasteiger partial charge in [0.25, 0.3) is 0 Å². The molecule has 3 heterocycles. The molecule has 0 amide bonds. The molecule has 0 radical (unpaired) electrons. The third-order valence-corrected chi connectivity index (χ3v) is 4.06. The molecule has 0 spiro atoms. The Morgan fingerprint density at radius 2 is 2.22 bits per heavy atom. The minimum atomic E-state index is -1.52. The first-order valence-electron chi connectivity index (χ1n) is 7.87. The third-order valence-electron chi connectivity index (χ3n) is 4.06. The number of nitrogens with two attached hydrogens (primary N) is 1. The number of imidazole rings is 1. The van der Waals surface area contributed by atoms with Crippen LogP contribution in [-0.2, 0) is 23.8 Å². The van der Waals surface area contributed by atoms with Crippen LogP contribution in [0.25, 0.3) is 11.2 Å². The fourth-order valence-electron chi connectivity index (χ4n) is 2.88. The number of fused-ring (bicyclic) bond motifs is 1. The number of carbonyl (C=O) groups is 2. The number of nitrogen functional groups attached to an aromatic ring is 1. The highest BCUT2D eigenvalue weighted by Gasteiger charge is 2.52. The van der Waals surface area contributed by atoms with Gasteiger partial charge in [0, 0.05) is 20.3 Å². The minimum Gasteiger partial charge on any atom is -0.462 e. The lowest BCUT2D eigenvalue weighted by Crippen LogP contribution is -2.45. The van der Waals surface area contributed by atoms with Crippen LogP contribution in [0.15, 0.2) is 6.33 Å². The Kier molecular flexibility index (Phi) is 4.67. The molecule has 2 aromatic rings. The number of ether oxygens (including phenoxy) is 3. The van der Waals surface area contributed by atoms with Crippen LogP contribution in [-0.4, -0.2) is 49.8 Å². The summed E-state index contributed by atoms with van der Waals surface area (Å²) in [4.78, 5) is 33.8. The van der Waals surface area contributed by atoms with E-state index in [-0.39, 0.29) is 30.0 Å². The van der Waals surface area contributed by atoms with Gasteiger partial charge in [-0.15, -0.1) is 6.42 Å². The summed E-state index contributed by atoms with van der Waals surface area (Å²) >= 11 is 0. The highest BCUT2D eigenvalue weighted by atomic mass is 19.1. The van der Waals surface area contributed by atoms with Gasteiger partial charge < -0.3 is 19.9 Å². The fourth-order valence-corrected chi connectivity index (χ4v) is 2.88. The first-order valence-corrected chi connectivity index (χ1v) is 7.87. The van der Waals surface area contributed by atoms with Crippen LogP contribution in [0.1, 0.15) is 26.5 Å². The number of carbonyl (C=O) groups excluding carboxylic acids is 2. The number of hydrogen-bond donors (Lipinski definition) is 1. The van der Waals surface area contributed by atoms with E-state index in [0.29, 0.717) is 0 Å². The summed E-state index contributed by atoms with van der Waals surface area (Å²) in [5.74, 6) is 1.12. The quantitative estimate of drug-likeness (QED) is 0.455. The molecule has 3 rings (SSSR count). The molecule has 0 bridgehead atoms. The average molecular weight is 377 g/mol. The molecule has 3 unspecified atom stereocenters. The van der Waals surface area contributed by atoms with E-state index in [1.165, 1.54) is 24.7 Å². The zero-order valence-corrected chi connectivity index (χ0v) is 14.5. The highest BCUT2D eigenvalue weighted by Crippen LogP contribution is 2.40. The van der Waals surface area contributed by atoms with Crippen LogP contribution in [0.5, 0.6) is 0 Å². The zero-order valence-electron chi connectivity index (χ0n) is 14.5. The Morgan fingerprint density at radius 1 is 1.48 bits per heavy atom. The number of terminal acetylenes is 1. The van der Waals surface area contributed by atoms with Crippen molar-refractivity contribution in [3.63, 3.8) is 0 Å². The zero-order chi connectivity index (χ0) is 19.8. The Hall–Kier alpha value is -3.26. The van der Waals surface area contributed by atoms with Crippen molar-refractivity contribution in [1.82, 2.24) is 19.5 Å². The SMILES string of the molecule is C#CC1(COC(C)=O)OC(n2cnc3c(N)nc(F)nc32)CC1OC(C)=O. The number of esters is 2. The molecule has 0 saturated carbocycles. The fraction of sp³-hybridized carbons (Fsp3) is 0.438. The molecule has 11 heteroatoms. The lowest BCUT2D eigenvalue weighted by atomic mass is 9.98. The van der Waals surface area contributed by atoms with E-state index in [4.69, 9.17) is 26.4 Å². The Balaban J connectivity index is 1.99. The summed E-state index contributed by atoms with van der Waals surface area (Å²) in [6.07, 6.45) is 4.29. The largest absolute Gasteiger partial charge is 0.462 e. The second-order valence-electron chi connectivity index (χ2n) is 5.92. The first-order chi connectivity index (χ1) is 12.8. The van der Waals surface area contributed by atoms with E-state index in [1.54, 1.807) is 0 Å². The lowest BCUT2D eigenvalue weighted by Gasteiger charge is -2.28. The lowest BCUT2D eigenvalue weighted by molar-refractivity contribution is -0.164. The Bertz CT molecular complexity index is 955. The van der Waals surface area contributed by atoms with E-state index in [9.17, 15) is 14.0 Å². The second-order valence-corrected chi connectivity index (χ2v) is 5.92. The van der Waals surface area contributed by atoms with Crippen molar-refractivity contribution in [2.75, 3.05) is 12.3 Å². The van der Waals surface area contributed by atoms with Gasteiger partial charge in [-0.1, -0.05) is 5.92 Å². The van der Waals surface area contributed by atoms with Gasteiger partial charge in [-0.3, -0.25) is 14.2 Å². The normalized spacial score (nSPS) is 24.5. The monoisotopic (exact) mass is 377 g/mol. The third kappa shape index (κ3) is 3.39. The maximum Gasteiger partial charge on any atom is 0.312 e. The van der Waals surface area contributed by atoms with Crippen molar-refractivity contribution in [3.8, 4) is 12.3 Å². The van der Waals surface area contributed by atoms with Crippen LogP contribution in [0.4, 0.5) is 10.2 Å². The maximum atomic E-state index is 13.6. The molecule has 2 N–H and O–H groups in total. The van der Waals surface area contributed by atoms with E-state index in [0.717, 1.165) is 0 Å². The van der Waals surface area contributed by atoms with Gasteiger partial charge >= 0.3 is 18.0 Å². The number of hydrogen-bond acceptors (Lipinski definition) is 9. The molecule has 1 saturated heterocycles. The molecule has 1 aliphatic rings. The van der Waals surface area contributed by atoms with Crippen molar-refractivity contribution in [3.05, 3.63) is 12.4 Å². The standard InChI is InChI=1S/C16H16FN5O5/c1-4-16(6-25-8(2)23)10(26-9(3)24)5-11(27-16)22-7-19-12-13(18)20-15(17)21-14(12)22/h1,7,10-11H,5-6H2,2-3H3,(H2,18,20,21). The number of rotatable bonds is 4. The van der Waals surface area contributed by atoms with Crippen LogP contribution in [0, 0.1) is 18.4 Å². The van der Waals surface area contributed by atoms with Crippen molar-refractivity contribution in [2.45, 2.75) is 38.2 Å². The van der Waals surface area contributed by atoms with Crippen molar-refractivity contribution in [1.29, 1.82) is 0 Å². The van der Waals surface area contributed by atoms with Crippen molar-refractivity contribution >= 4 is 28.9 Å². The number of halogens is 1. The van der Waals surface area contributed by atoms with E-state index in [2.05, 4.69) is 20.9 Å². The van der Waals surface area contributed by atoms with E-state index >= 15 is 0 Å². The van der Waals surface area contributed by atoms with Crippen LogP contribution in [0.2, 0.25) is 0 Å². The van der Waals surface area contributed by atoms with Crippen molar-refractivity contribution in [2.24, 2.45) is 0 Å². The van der Waals surface area contributed by atoms with Gasteiger partial charge in [-0.05, 0) is 0 Å². The molecule has 10 nitrogen and oxygen atoms in total. The smallest absolute Gasteiger partial charge is 0.312 e. The van der Waals surface area contributed by atoms with Crippen molar-refractivity contribution < 1.29 is 28.2 Å². The van der Waals surface area contributed by atoms with Crippen LogP contribution >= 0.6 is 0 Å². The molecular weight excluding hydrogens is 361 g/mol. The van der Waals surface area contributed by atoms with Gasteiger partial charge in [0.15, 0.2) is 17.0 Å². The summed E-state index contributed by atoms with van der Waals surface area (Å²) in [6, 6.07) is 0. The highest BCUT2D eigenvalue weighted by molar-refractivity contribution is 5.81. The molecule has 2 aromatic heterocycles. The average Bonchev–Trinajstić information content (AvgIpc) is 3.14. The molecular formula is C16H16FN5O5. The predicted molar refractivity (Wildman–Crippen MR) is 88.2 cm³/mol. The predicted octanol–water partition coefficient (Wildman–Crippen LogP) is 0.333. The minimum absolute atomic E-state index is 0.0897. The summed E-state index contributed by atoms with van der Waals surface area (Å²) in [5.41, 5.74) is 4.41. The molecule has 1 fully saturated rings. The summed E-state index contributed by atoms with van der Waals surface area (Å²) in [6.45, 7) is 2.10. The molecule has 142 valence electrons. The topological polar surface area (TPSA) is 131 Å². The summed E-state index contributed by atoms with van der Waals surface area (Å²) in [7, 11) is 0. The van der Waals surface area contributed by atoms with Gasteiger partial charge in [0.2, 0.25) is 5.60 Å². The van der Waals surface area contributed by atoms with Gasteiger partial charge in [0.1, 0.15) is 18.9 Å². The Labute approximate surface area is 152 Å². The molecule has 0 aliphatic carbocycles. The second kappa shape index (κ2) is 6.81. The van der Waals surface area contributed by atoms with E-state index in [1.807, 2.05) is 0 Å². The summed E-state index contributed by atoms with van der Waals surface area (Å²) < 4.78 is 31.2. The molecule has 3 atom stereocenters. The van der Waals surface area contributed by atoms with Gasteiger partial charge in [0.05, 0.1) is 6.33 Å². The molecule has 0 aromatic carbocycles. The van der Waals surface area contributed by atoms with Gasteiger partial charge in [-0.2, -0.15) is 14.4 Å². The first kappa shape index (κ1) is 18.5. The van der Waals surface area contributed by atoms with E-state index < -0.39 is 35.9 Å². The number of aromatic nitrogens is 4. The maximum absolute atomic E-state index is 13.6. The molecule has 27 heavy (non-hydrogen) atoms.